The van der Waals surface area contributed by atoms with Gasteiger partial charge in [0.15, 0.2) is 5.69 Å². The second-order valence-electron chi connectivity index (χ2n) is 8.72. The monoisotopic (exact) mass is 425 g/mol. The Labute approximate surface area is 184 Å². The fraction of sp³-hybridized carbons (Fsp3) is 0.480. The Bertz CT molecular complexity index is 900. The molecule has 31 heavy (non-hydrogen) atoms. The molecule has 1 saturated heterocycles. The molecule has 0 atom stereocenters. The summed E-state index contributed by atoms with van der Waals surface area (Å²) in [6.07, 6.45) is 2.18. The van der Waals surface area contributed by atoms with Gasteiger partial charge in [0, 0.05) is 38.9 Å². The second kappa shape index (κ2) is 10.1. The van der Waals surface area contributed by atoms with Crippen molar-refractivity contribution >= 4 is 11.4 Å². The Balaban J connectivity index is 1.47. The van der Waals surface area contributed by atoms with Crippen molar-refractivity contribution in [3.63, 3.8) is 0 Å². The molecule has 0 aromatic heterocycles. The minimum Gasteiger partial charge on any atom is -0.491 e. The molecule has 3 rings (SSSR count). The van der Waals surface area contributed by atoms with Gasteiger partial charge in [-0.15, -0.1) is 0 Å². The number of nitrogens with zero attached hydrogens (tertiary/aromatic N) is 3. The van der Waals surface area contributed by atoms with E-state index in [9.17, 15) is 9.50 Å². The normalized spacial score (nSPS) is 16.2. The highest BCUT2D eigenvalue weighted by Crippen LogP contribution is 2.29. The highest BCUT2D eigenvalue weighted by atomic mass is 19.1. The maximum absolute atomic E-state index is 14.2. The van der Waals surface area contributed by atoms with Crippen molar-refractivity contribution in [2.24, 2.45) is 0 Å². The number of anilines is 1. The van der Waals surface area contributed by atoms with Gasteiger partial charge in [0.2, 0.25) is 0 Å². The van der Waals surface area contributed by atoms with Crippen LogP contribution in [-0.2, 0) is 6.54 Å². The van der Waals surface area contributed by atoms with E-state index in [0.717, 1.165) is 31.1 Å². The number of hydrogen-bond acceptors (Lipinski definition) is 4. The lowest BCUT2D eigenvalue weighted by Gasteiger charge is -2.39. The van der Waals surface area contributed by atoms with Crippen molar-refractivity contribution in [1.82, 2.24) is 4.90 Å². The van der Waals surface area contributed by atoms with Crippen molar-refractivity contribution in [3.8, 4) is 5.75 Å². The van der Waals surface area contributed by atoms with E-state index in [2.05, 4.69) is 14.6 Å². The number of likely N-dealkylation sites (tertiary alicyclic amines) is 1. The Kier molecular flexibility index (Phi) is 7.53. The number of benzene rings is 2. The fourth-order valence-electron chi connectivity index (χ4n) is 3.91. The number of halogens is 1. The van der Waals surface area contributed by atoms with Crippen molar-refractivity contribution in [3.05, 3.63) is 65.3 Å². The first-order valence-electron chi connectivity index (χ1n) is 10.9. The smallest absolute Gasteiger partial charge is 0.190 e. The molecule has 0 radical (unpaired) electrons. The quantitative estimate of drug-likeness (QED) is 0.603. The number of aliphatic hydroxyl groups is 1. The number of rotatable bonds is 8. The summed E-state index contributed by atoms with van der Waals surface area (Å²) in [5.74, 6) is 0.527. The lowest BCUT2D eigenvalue weighted by atomic mass is 9.88. The minimum absolute atomic E-state index is 0.151. The molecule has 2 aromatic carbocycles. The van der Waals surface area contributed by atoms with Crippen LogP contribution in [-0.4, -0.2) is 48.4 Å². The Morgan fingerprint density at radius 3 is 2.45 bits per heavy atom. The third kappa shape index (κ3) is 6.43. The van der Waals surface area contributed by atoms with Crippen LogP contribution in [0.3, 0.4) is 0 Å². The first kappa shape index (κ1) is 23.1. The van der Waals surface area contributed by atoms with E-state index >= 15 is 0 Å². The zero-order valence-electron chi connectivity index (χ0n) is 18.6. The molecule has 2 aromatic rings. The second-order valence-corrected chi connectivity index (χ2v) is 8.72. The van der Waals surface area contributed by atoms with Crippen LogP contribution in [0.1, 0.15) is 38.7 Å². The predicted octanol–water partition coefficient (Wildman–Crippen LogP) is 5.02. The van der Waals surface area contributed by atoms with E-state index in [1.807, 2.05) is 45.2 Å². The fourth-order valence-corrected chi connectivity index (χ4v) is 3.91. The third-order valence-corrected chi connectivity index (χ3v) is 5.91. The van der Waals surface area contributed by atoms with Crippen LogP contribution in [0.15, 0.2) is 42.5 Å². The lowest BCUT2D eigenvalue weighted by molar-refractivity contribution is -0.0277. The SMILES string of the molecule is [C-]#[N+]c1ccc(CN2CCC(O)(CCN(C)c3ccc(OC(C)C)cc3)CC2)c(F)c1. The molecule has 6 heteroatoms. The van der Waals surface area contributed by atoms with Gasteiger partial charge in [0.1, 0.15) is 11.6 Å². The molecular formula is C25H32FN3O2. The minimum atomic E-state index is -0.696. The van der Waals surface area contributed by atoms with Crippen LogP contribution in [0.2, 0.25) is 0 Å². The molecule has 1 aliphatic heterocycles. The molecule has 0 amide bonds. The number of ether oxygens (including phenoxy) is 1. The van der Waals surface area contributed by atoms with Crippen molar-refractivity contribution in [2.45, 2.75) is 51.4 Å². The van der Waals surface area contributed by atoms with Crippen LogP contribution in [0.4, 0.5) is 15.8 Å². The van der Waals surface area contributed by atoms with Crippen LogP contribution < -0.4 is 9.64 Å². The summed E-state index contributed by atoms with van der Waals surface area (Å²) in [4.78, 5) is 7.58. The largest absolute Gasteiger partial charge is 0.491 e. The lowest BCUT2D eigenvalue weighted by Crippen LogP contribution is -2.45. The predicted molar refractivity (Wildman–Crippen MR) is 122 cm³/mol. The van der Waals surface area contributed by atoms with Gasteiger partial charge in [-0.3, -0.25) is 4.90 Å². The summed E-state index contributed by atoms with van der Waals surface area (Å²) in [5.41, 5.74) is 1.32. The summed E-state index contributed by atoms with van der Waals surface area (Å²) in [6.45, 7) is 13.7. The van der Waals surface area contributed by atoms with Gasteiger partial charge in [0.25, 0.3) is 0 Å². The average molecular weight is 426 g/mol. The van der Waals surface area contributed by atoms with Gasteiger partial charge in [-0.05, 0) is 69.0 Å². The Hall–Kier alpha value is -2.62. The highest BCUT2D eigenvalue weighted by molar-refractivity contribution is 5.48. The van der Waals surface area contributed by atoms with Crippen LogP contribution >= 0.6 is 0 Å². The topological polar surface area (TPSA) is 40.3 Å². The van der Waals surface area contributed by atoms with Gasteiger partial charge >= 0.3 is 0 Å². The van der Waals surface area contributed by atoms with Gasteiger partial charge in [-0.25, -0.2) is 9.24 Å². The average Bonchev–Trinajstić information content (AvgIpc) is 2.75. The summed E-state index contributed by atoms with van der Waals surface area (Å²) >= 11 is 0. The molecule has 0 saturated carbocycles. The molecule has 1 fully saturated rings. The summed E-state index contributed by atoms with van der Waals surface area (Å²) in [7, 11) is 2.03. The number of hydrogen-bond donors (Lipinski definition) is 1. The van der Waals surface area contributed by atoms with Crippen LogP contribution in [0.5, 0.6) is 5.75 Å². The van der Waals surface area contributed by atoms with E-state index in [-0.39, 0.29) is 11.9 Å². The molecule has 1 N–H and O–H groups in total. The van der Waals surface area contributed by atoms with Gasteiger partial charge < -0.3 is 14.7 Å². The van der Waals surface area contributed by atoms with Crippen molar-refractivity contribution in [1.29, 1.82) is 0 Å². The highest BCUT2D eigenvalue weighted by Gasteiger charge is 2.32. The van der Waals surface area contributed by atoms with Crippen LogP contribution in [0.25, 0.3) is 4.85 Å². The van der Waals surface area contributed by atoms with E-state index in [4.69, 9.17) is 11.3 Å². The first-order valence-corrected chi connectivity index (χ1v) is 10.9. The van der Waals surface area contributed by atoms with E-state index in [1.165, 1.54) is 6.07 Å². The standard InChI is InChI=1S/C25H32FN3O2/c1-19(2)31-23-9-7-22(8-10-23)28(4)14-11-25(30)12-15-29(16-13-25)18-20-5-6-21(27-3)17-24(20)26/h5-10,17,19,30H,11-16,18H2,1-2,4H3. The van der Waals surface area contributed by atoms with Crippen molar-refractivity contribution in [2.75, 3.05) is 31.6 Å². The van der Waals surface area contributed by atoms with Gasteiger partial charge in [-0.2, -0.15) is 0 Å². The van der Waals surface area contributed by atoms with Crippen LogP contribution in [0, 0.1) is 12.4 Å². The van der Waals surface area contributed by atoms with Gasteiger partial charge in [-0.1, -0.05) is 12.1 Å². The van der Waals surface area contributed by atoms with Crippen molar-refractivity contribution < 1.29 is 14.2 Å². The van der Waals surface area contributed by atoms with E-state index in [0.29, 0.717) is 37.1 Å². The molecule has 0 bridgehead atoms. The molecule has 0 spiro atoms. The summed E-state index contributed by atoms with van der Waals surface area (Å²) in [5, 5.41) is 11.0. The maximum Gasteiger partial charge on any atom is 0.190 e. The molecule has 166 valence electrons. The van der Waals surface area contributed by atoms with E-state index in [1.54, 1.807) is 12.1 Å². The zero-order chi connectivity index (χ0) is 22.4. The Morgan fingerprint density at radius 1 is 1.19 bits per heavy atom. The van der Waals surface area contributed by atoms with Gasteiger partial charge in [0.05, 0.1) is 18.3 Å². The first-order chi connectivity index (χ1) is 14.8. The molecular weight excluding hydrogens is 393 g/mol. The molecule has 1 aliphatic rings. The third-order valence-electron chi connectivity index (χ3n) is 5.91. The Morgan fingerprint density at radius 2 is 1.87 bits per heavy atom. The summed E-state index contributed by atoms with van der Waals surface area (Å²) < 4.78 is 19.9. The molecule has 1 heterocycles. The van der Waals surface area contributed by atoms with E-state index < -0.39 is 5.60 Å². The zero-order valence-corrected chi connectivity index (χ0v) is 18.6. The number of piperidine rings is 1. The summed E-state index contributed by atoms with van der Waals surface area (Å²) in [6, 6.07) is 12.7. The molecule has 0 aliphatic carbocycles. The molecule has 5 nitrogen and oxygen atoms in total. The molecule has 0 unspecified atom stereocenters. The maximum atomic E-state index is 14.2.